The third-order valence-electron chi connectivity index (χ3n) is 9.20. The molecule has 0 bridgehead atoms. The summed E-state index contributed by atoms with van der Waals surface area (Å²) in [6, 6.07) is 2.33. The summed E-state index contributed by atoms with van der Waals surface area (Å²) < 4.78 is 40.0. The summed E-state index contributed by atoms with van der Waals surface area (Å²) >= 11 is 0. The second-order valence-electron chi connectivity index (χ2n) is 11.1. The van der Waals surface area contributed by atoms with Crippen LogP contribution in [0.3, 0.4) is 0 Å². The van der Waals surface area contributed by atoms with Crippen molar-refractivity contribution in [3.05, 3.63) is 35.1 Å². The lowest BCUT2D eigenvalue weighted by atomic mass is 9.66. The maximum Gasteiger partial charge on any atom is 0.194 e. The molecule has 0 N–H and O–H groups in total. The van der Waals surface area contributed by atoms with Crippen LogP contribution in [-0.4, -0.2) is 0 Å². The van der Waals surface area contributed by atoms with Crippen LogP contribution in [0.1, 0.15) is 102 Å². The highest BCUT2D eigenvalue weighted by atomic mass is 19.2. The van der Waals surface area contributed by atoms with Gasteiger partial charge in [0.15, 0.2) is 17.5 Å². The topological polar surface area (TPSA) is 0 Å². The fourth-order valence-electron chi connectivity index (χ4n) is 7.37. The third kappa shape index (κ3) is 5.88. The highest BCUT2D eigenvalue weighted by Crippen LogP contribution is 2.47. The van der Waals surface area contributed by atoms with E-state index in [1.807, 2.05) is 0 Å². The molecule has 0 nitrogen and oxygen atoms in total. The SMILES string of the molecule is CCCC1CCC(C2CCC(C3CCC(CCc4cc(F)c(F)c(F)c4)CC3)CC2)C1. The molecule has 3 aliphatic rings. The lowest BCUT2D eigenvalue weighted by Crippen LogP contribution is -2.28. The molecule has 0 radical (unpaired) electrons. The Morgan fingerprint density at radius 2 is 1.13 bits per heavy atom. The lowest BCUT2D eigenvalue weighted by molar-refractivity contribution is 0.123. The van der Waals surface area contributed by atoms with Gasteiger partial charge in [0.1, 0.15) is 0 Å². The molecule has 2 atom stereocenters. The minimum Gasteiger partial charge on any atom is -0.204 e. The van der Waals surface area contributed by atoms with Gasteiger partial charge in [-0.15, -0.1) is 0 Å². The molecule has 174 valence electrons. The lowest BCUT2D eigenvalue weighted by Gasteiger charge is -2.39. The van der Waals surface area contributed by atoms with E-state index in [0.717, 1.165) is 48.1 Å². The Bertz CT molecular complexity index is 675. The first-order chi connectivity index (χ1) is 15.0. The van der Waals surface area contributed by atoms with Gasteiger partial charge in [0.25, 0.3) is 0 Å². The fraction of sp³-hybridized carbons (Fsp3) is 0.786. The number of hydrogen-bond donors (Lipinski definition) is 0. The van der Waals surface area contributed by atoms with E-state index in [1.54, 1.807) is 0 Å². The van der Waals surface area contributed by atoms with Crippen LogP contribution in [0.15, 0.2) is 12.1 Å². The summed E-state index contributed by atoms with van der Waals surface area (Å²) in [4.78, 5) is 0. The average molecular weight is 435 g/mol. The Morgan fingerprint density at radius 3 is 1.71 bits per heavy atom. The summed E-state index contributed by atoms with van der Waals surface area (Å²) in [7, 11) is 0. The summed E-state index contributed by atoms with van der Waals surface area (Å²) in [5.74, 6) is 2.05. The number of benzene rings is 1. The van der Waals surface area contributed by atoms with Crippen molar-refractivity contribution in [2.75, 3.05) is 0 Å². The van der Waals surface area contributed by atoms with E-state index in [1.165, 1.54) is 83.5 Å². The van der Waals surface area contributed by atoms with Gasteiger partial charge < -0.3 is 0 Å². The van der Waals surface area contributed by atoms with Crippen molar-refractivity contribution < 1.29 is 13.2 Å². The van der Waals surface area contributed by atoms with Gasteiger partial charge in [-0.25, -0.2) is 13.2 Å². The van der Waals surface area contributed by atoms with Crippen molar-refractivity contribution in [2.45, 2.75) is 103 Å². The molecule has 0 aliphatic heterocycles. The fourth-order valence-corrected chi connectivity index (χ4v) is 7.37. The molecule has 2 unspecified atom stereocenters. The third-order valence-corrected chi connectivity index (χ3v) is 9.20. The van der Waals surface area contributed by atoms with E-state index in [0.29, 0.717) is 17.9 Å². The molecule has 1 aromatic rings. The monoisotopic (exact) mass is 434 g/mol. The number of rotatable bonds is 7. The average Bonchev–Trinajstić information content (AvgIpc) is 3.25. The number of aryl methyl sites for hydroxylation is 1. The Balaban J connectivity index is 1.16. The maximum atomic E-state index is 13.4. The Morgan fingerprint density at radius 1 is 0.645 bits per heavy atom. The maximum absolute atomic E-state index is 13.4. The first kappa shape index (κ1) is 23.2. The molecule has 0 heterocycles. The molecule has 31 heavy (non-hydrogen) atoms. The van der Waals surface area contributed by atoms with E-state index >= 15 is 0 Å². The molecule has 0 spiro atoms. The van der Waals surface area contributed by atoms with Gasteiger partial charge in [-0.05, 0) is 117 Å². The van der Waals surface area contributed by atoms with Crippen LogP contribution in [0, 0.1) is 53.0 Å². The first-order valence-corrected chi connectivity index (χ1v) is 13.2. The largest absolute Gasteiger partial charge is 0.204 e. The number of halogens is 3. The molecular formula is C28H41F3. The summed E-state index contributed by atoms with van der Waals surface area (Å²) in [6.07, 6.45) is 19.9. The summed E-state index contributed by atoms with van der Waals surface area (Å²) in [5.41, 5.74) is 0.588. The zero-order valence-corrected chi connectivity index (χ0v) is 19.4. The second kappa shape index (κ2) is 10.8. The van der Waals surface area contributed by atoms with E-state index < -0.39 is 17.5 Å². The van der Waals surface area contributed by atoms with Gasteiger partial charge in [-0.3, -0.25) is 0 Å². The molecule has 3 fully saturated rings. The quantitative estimate of drug-likeness (QED) is 0.376. The molecule has 1 aromatic carbocycles. The van der Waals surface area contributed by atoms with Gasteiger partial charge in [0.2, 0.25) is 0 Å². The second-order valence-corrected chi connectivity index (χ2v) is 11.1. The summed E-state index contributed by atoms with van der Waals surface area (Å²) in [5, 5.41) is 0. The van der Waals surface area contributed by atoms with Crippen LogP contribution in [0.2, 0.25) is 0 Å². The minimum absolute atomic E-state index is 0.588. The van der Waals surface area contributed by atoms with Crippen molar-refractivity contribution in [1.82, 2.24) is 0 Å². The molecule has 3 saturated carbocycles. The smallest absolute Gasteiger partial charge is 0.194 e. The van der Waals surface area contributed by atoms with E-state index in [9.17, 15) is 13.2 Å². The van der Waals surface area contributed by atoms with Crippen LogP contribution < -0.4 is 0 Å². The molecule has 0 amide bonds. The Labute approximate surface area is 187 Å². The zero-order chi connectivity index (χ0) is 21.8. The molecular weight excluding hydrogens is 393 g/mol. The van der Waals surface area contributed by atoms with Gasteiger partial charge >= 0.3 is 0 Å². The summed E-state index contributed by atoms with van der Waals surface area (Å²) in [6.45, 7) is 2.33. The standard InChI is InChI=1S/C28H41F3/c1-2-3-20-8-11-25(16-20)24-14-12-23(13-15-24)22-9-6-19(7-10-22)4-5-21-17-26(29)28(31)27(30)18-21/h17-20,22-25H,2-16H2,1H3. The van der Waals surface area contributed by atoms with Gasteiger partial charge in [-0.1, -0.05) is 39.0 Å². The van der Waals surface area contributed by atoms with Crippen LogP contribution in [-0.2, 0) is 6.42 Å². The van der Waals surface area contributed by atoms with E-state index in [4.69, 9.17) is 0 Å². The first-order valence-electron chi connectivity index (χ1n) is 13.2. The molecule has 0 saturated heterocycles. The van der Waals surface area contributed by atoms with Crippen molar-refractivity contribution in [3.63, 3.8) is 0 Å². The molecule has 4 rings (SSSR count). The predicted molar refractivity (Wildman–Crippen MR) is 121 cm³/mol. The Hall–Kier alpha value is -0.990. The molecule has 3 aliphatic carbocycles. The predicted octanol–water partition coefficient (Wildman–Crippen LogP) is 8.87. The molecule has 0 aromatic heterocycles. The van der Waals surface area contributed by atoms with Crippen molar-refractivity contribution in [3.8, 4) is 0 Å². The van der Waals surface area contributed by atoms with Crippen LogP contribution in [0.5, 0.6) is 0 Å². The van der Waals surface area contributed by atoms with Crippen LogP contribution >= 0.6 is 0 Å². The normalized spacial score (nSPS) is 34.2. The highest BCUT2D eigenvalue weighted by molar-refractivity contribution is 5.19. The van der Waals surface area contributed by atoms with Crippen molar-refractivity contribution >= 4 is 0 Å². The zero-order valence-electron chi connectivity index (χ0n) is 19.4. The molecule has 3 heteroatoms. The van der Waals surface area contributed by atoms with Gasteiger partial charge in [0, 0.05) is 0 Å². The van der Waals surface area contributed by atoms with Crippen molar-refractivity contribution in [1.29, 1.82) is 0 Å². The van der Waals surface area contributed by atoms with Gasteiger partial charge in [-0.2, -0.15) is 0 Å². The van der Waals surface area contributed by atoms with E-state index in [2.05, 4.69) is 6.92 Å². The minimum atomic E-state index is -1.35. The number of hydrogen-bond acceptors (Lipinski definition) is 0. The Kier molecular flexibility index (Phi) is 8.04. The van der Waals surface area contributed by atoms with E-state index in [-0.39, 0.29) is 0 Å². The van der Waals surface area contributed by atoms with Crippen LogP contribution in [0.25, 0.3) is 0 Å². The van der Waals surface area contributed by atoms with Crippen molar-refractivity contribution in [2.24, 2.45) is 35.5 Å². The van der Waals surface area contributed by atoms with Crippen LogP contribution in [0.4, 0.5) is 13.2 Å². The van der Waals surface area contributed by atoms with Gasteiger partial charge in [0.05, 0.1) is 0 Å². The highest BCUT2D eigenvalue weighted by Gasteiger charge is 2.35.